The van der Waals surface area contributed by atoms with Crippen molar-refractivity contribution in [2.75, 3.05) is 18.9 Å². The van der Waals surface area contributed by atoms with Gasteiger partial charge in [-0.2, -0.15) is 13.4 Å². The van der Waals surface area contributed by atoms with Gasteiger partial charge in [-0.15, -0.1) is 11.3 Å². The molecule has 38 heavy (non-hydrogen) atoms. The van der Waals surface area contributed by atoms with Gasteiger partial charge >= 0.3 is 15.3 Å². The zero-order chi connectivity index (χ0) is 27.3. The summed E-state index contributed by atoms with van der Waals surface area (Å²) in [5, 5.41) is -0.999. The summed E-state index contributed by atoms with van der Waals surface area (Å²) >= 11 is 1.29. The summed E-state index contributed by atoms with van der Waals surface area (Å²) in [7, 11) is -1.84. The summed E-state index contributed by atoms with van der Waals surface area (Å²) < 4.78 is 38.6. The van der Waals surface area contributed by atoms with Crippen molar-refractivity contribution in [3.05, 3.63) is 76.8 Å². The molecular formula is C27H27N3O6S2. The summed E-state index contributed by atoms with van der Waals surface area (Å²) in [6.45, 7) is 2.40. The number of carbonyl (C=O) groups excluding carboxylic acids is 2. The van der Waals surface area contributed by atoms with Gasteiger partial charge in [0, 0.05) is 22.5 Å². The number of ether oxygens (including phenoxy) is 2. The fourth-order valence-corrected chi connectivity index (χ4v) is 6.21. The van der Waals surface area contributed by atoms with E-state index in [-0.39, 0.29) is 5.88 Å². The summed E-state index contributed by atoms with van der Waals surface area (Å²) in [5.74, 6) is 0.856. The van der Waals surface area contributed by atoms with E-state index in [2.05, 4.69) is 14.4 Å². The topological polar surface area (TPSA) is 117 Å². The van der Waals surface area contributed by atoms with Crippen molar-refractivity contribution in [3.63, 3.8) is 0 Å². The molecule has 2 aromatic carbocycles. The monoisotopic (exact) mass is 553 g/mol. The summed E-state index contributed by atoms with van der Waals surface area (Å²) in [6, 6.07) is 19.0. The number of methoxy groups -OCH3 is 2. The predicted molar refractivity (Wildman–Crippen MR) is 147 cm³/mol. The van der Waals surface area contributed by atoms with Crippen LogP contribution in [0.1, 0.15) is 34.3 Å². The molecule has 2 aromatic heterocycles. The highest BCUT2D eigenvalue weighted by atomic mass is 32.2. The van der Waals surface area contributed by atoms with Gasteiger partial charge in [-0.1, -0.05) is 67.9 Å². The van der Waals surface area contributed by atoms with Crippen molar-refractivity contribution >= 4 is 37.9 Å². The molecule has 0 aliphatic heterocycles. The van der Waals surface area contributed by atoms with Crippen LogP contribution in [0.3, 0.4) is 0 Å². The quantitative estimate of drug-likeness (QED) is 0.200. The van der Waals surface area contributed by atoms with Gasteiger partial charge < -0.3 is 14.0 Å². The lowest BCUT2D eigenvalue weighted by atomic mass is 10.0. The van der Waals surface area contributed by atoms with Crippen molar-refractivity contribution in [1.82, 2.24) is 9.55 Å². The standard InChI is InChI=1S/C27H27N3O6S2/c1-4-8-21-15-22(26(37-21)29-38(33,34)27(32)36-3)19-13-11-18(12-14-19)16-30-23(17-31)25(35-2)28-24(30)20-9-6-5-7-10-20/h5-7,9-15,17,29H,4,8,16H2,1-3H3. The molecule has 0 aliphatic rings. The maximum Gasteiger partial charge on any atom is 0.444 e. The number of rotatable bonds is 10. The first-order chi connectivity index (χ1) is 18.3. The van der Waals surface area contributed by atoms with Gasteiger partial charge in [-0.3, -0.25) is 9.52 Å². The smallest absolute Gasteiger partial charge is 0.444 e. The van der Waals surface area contributed by atoms with Gasteiger partial charge in [-0.25, -0.2) is 4.79 Å². The van der Waals surface area contributed by atoms with Crippen molar-refractivity contribution in [1.29, 1.82) is 0 Å². The van der Waals surface area contributed by atoms with Crippen LogP contribution in [-0.2, 0) is 27.7 Å². The van der Waals surface area contributed by atoms with E-state index in [1.807, 2.05) is 67.6 Å². The van der Waals surface area contributed by atoms with Crippen LogP contribution in [0.2, 0.25) is 0 Å². The number of anilines is 1. The molecule has 4 rings (SSSR count). The van der Waals surface area contributed by atoms with E-state index >= 15 is 0 Å². The minimum absolute atomic E-state index is 0.250. The normalized spacial score (nSPS) is 11.2. The number of aldehydes is 1. The number of nitrogens with one attached hydrogen (secondary N) is 1. The Morgan fingerprint density at radius 3 is 2.39 bits per heavy atom. The lowest BCUT2D eigenvalue weighted by Gasteiger charge is -2.11. The van der Waals surface area contributed by atoms with Crippen LogP contribution in [0.5, 0.6) is 5.88 Å². The van der Waals surface area contributed by atoms with Crippen molar-refractivity contribution in [2.24, 2.45) is 0 Å². The number of aryl methyl sites for hydroxylation is 1. The lowest BCUT2D eigenvalue weighted by Crippen LogP contribution is -2.22. The Morgan fingerprint density at radius 1 is 1.08 bits per heavy atom. The average Bonchev–Trinajstić information content (AvgIpc) is 3.49. The first kappa shape index (κ1) is 27.1. The van der Waals surface area contributed by atoms with E-state index in [0.29, 0.717) is 28.6 Å². The van der Waals surface area contributed by atoms with E-state index in [4.69, 9.17) is 4.74 Å². The molecule has 0 atom stereocenters. The number of imidazole rings is 1. The molecule has 0 radical (unpaired) electrons. The number of sulfonamides is 1. The Labute approximate surface area is 225 Å². The molecule has 1 N–H and O–H groups in total. The van der Waals surface area contributed by atoms with Crippen LogP contribution >= 0.6 is 11.3 Å². The summed E-state index contributed by atoms with van der Waals surface area (Å²) in [4.78, 5) is 29.2. The molecule has 0 saturated carbocycles. The molecule has 198 valence electrons. The second-order valence-electron chi connectivity index (χ2n) is 8.36. The first-order valence-corrected chi connectivity index (χ1v) is 14.1. The third-order valence-electron chi connectivity index (χ3n) is 5.81. The lowest BCUT2D eigenvalue weighted by molar-refractivity contribution is 0.111. The molecule has 0 bridgehead atoms. The number of thiophene rings is 1. The molecule has 9 nitrogen and oxygen atoms in total. The maximum absolute atomic E-state index is 12.3. The highest BCUT2D eigenvalue weighted by Crippen LogP contribution is 2.38. The SMILES string of the molecule is CCCc1cc(-c2ccc(Cn3c(-c4ccccc4)nc(OC)c3C=O)cc2)c(NS(=O)(=O)C(=O)OC)s1. The van der Waals surface area contributed by atoms with Gasteiger partial charge in [-0.05, 0) is 23.6 Å². The molecule has 0 unspecified atom stereocenters. The fraction of sp³-hybridized carbons (Fsp3) is 0.222. The Hall–Kier alpha value is -3.96. The third-order valence-corrected chi connectivity index (χ3v) is 8.13. The van der Waals surface area contributed by atoms with E-state index in [1.54, 1.807) is 4.57 Å². The number of benzene rings is 2. The second kappa shape index (κ2) is 11.6. The van der Waals surface area contributed by atoms with E-state index in [1.165, 1.54) is 18.4 Å². The second-order valence-corrected chi connectivity index (χ2v) is 11.0. The van der Waals surface area contributed by atoms with Gasteiger partial charge in [0.1, 0.15) is 16.5 Å². The zero-order valence-corrected chi connectivity index (χ0v) is 22.8. The van der Waals surface area contributed by atoms with Crippen LogP contribution in [0.15, 0.2) is 60.7 Å². The zero-order valence-electron chi connectivity index (χ0n) is 21.1. The molecule has 11 heteroatoms. The molecule has 0 fully saturated rings. The Morgan fingerprint density at radius 2 is 1.79 bits per heavy atom. The predicted octanol–water partition coefficient (Wildman–Crippen LogP) is 5.61. The molecule has 4 aromatic rings. The molecule has 0 spiro atoms. The van der Waals surface area contributed by atoms with Crippen LogP contribution in [0.4, 0.5) is 9.80 Å². The van der Waals surface area contributed by atoms with Gasteiger partial charge in [0.15, 0.2) is 6.29 Å². The van der Waals surface area contributed by atoms with Gasteiger partial charge in [0.2, 0.25) is 5.88 Å². The first-order valence-electron chi connectivity index (χ1n) is 11.8. The van der Waals surface area contributed by atoms with E-state index in [9.17, 15) is 18.0 Å². The molecule has 0 amide bonds. The van der Waals surface area contributed by atoms with Crippen molar-refractivity contribution in [3.8, 4) is 28.4 Å². The fourth-order valence-electron chi connectivity index (χ4n) is 4.02. The Balaban J connectivity index is 1.68. The maximum atomic E-state index is 12.3. The van der Waals surface area contributed by atoms with Crippen LogP contribution in [0.25, 0.3) is 22.5 Å². The molecule has 0 aliphatic carbocycles. The van der Waals surface area contributed by atoms with Gasteiger partial charge in [0.05, 0.1) is 14.2 Å². The highest BCUT2D eigenvalue weighted by Gasteiger charge is 2.26. The summed E-state index contributed by atoms with van der Waals surface area (Å²) in [5.41, 5.74) is 3.52. The van der Waals surface area contributed by atoms with E-state index < -0.39 is 15.3 Å². The van der Waals surface area contributed by atoms with Crippen LogP contribution in [0, 0.1) is 0 Å². The third kappa shape index (κ3) is 5.63. The minimum Gasteiger partial charge on any atom is -0.479 e. The molecule has 2 heterocycles. The van der Waals surface area contributed by atoms with E-state index in [0.717, 1.165) is 47.8 Å². The van der Waals surface area contributed by atoms with Crippen molar-refractivity contribution < 1.29 is 27.5 Å². The molecule has 0 saturated heterocycles. The number of hydrogen-bond acceptors (Lipinski definition) is 8. The minimum atomic E-state index is -4.34. The Kier molecular flexibility index (Phi) is 8.28. The number of aromatic nitrogens is 2. The van der Waals surface area contributed by atoms with Crippen LogP contribution < -0.4 is 9.46 Å². The number of hydrogen-bond donors (Lipinski definition) is 1. The van der Waals surface area contributed by atoms with Crippen molar-refractivity contribution in [2.45, 2.75) is 26.3 Å². The molecular weight excluding hydrogens is 526 g/mol. The Bertz CT molecular complexity index is 1540. The summed E-state index contributed by atoms with van der Waals surface area (Å²) in [6.07, 6.45) is 2.39. The largest absolute Gasteiger partial charge is 0.479 e. The number of carbonyl (C=O) groups is 2. The number of nitrogens with zero attached hydrogens (tertiary/aromatic N) is 2. The van der Waals surface area contributed by atoms with Crippen LogP contribution in [-0.4, -0.2) is 43.8 Å². The van der Waals surface area contributed by atoms with Gasteiger partial charge in [0.25, 0.3) is 0 Å². The highest BCUT2D eigenvalue weighted by molar-refractivity contribution is 8.06. The average molecular weight is 554 g/mol.